The molecule has 0 atom stereocenters. The number of benzene rings is 1. The van der Waals surface area contributed by atoms with E-state index in [-0.39, 0.29) is 11.1 Å². The minimum absolute atomic E-state index is 0.0817. The normalized spacial score (nSPS) is 9.67. The maximum absolute atomic E-state index is 7.43. The average Bonchev–Trinajstić information content (AvgIpc) is 2.14. The van der Waals surface area contributed by atoms with Gasteiger partial charge in [0.05, 0.1) is 0 Å². The summed E-state index contributed by atoms with van der Waals surface area (Å²) in [6, 6.07) is 7.88. The van der Waals surface area contributed by atoms with E-state index in [1.165, 1.54) is 11.8 Å². The molecule has 4 nitrogen and oxygen atoms in total. The topological polar surface area (TPSA) is 88.2 Å². The van der Waals surface area contributed by atoms with Gasteiger partial charge in [-0.15, -0.1) is 0 Å². The van der Waals surface area contributed by atoms with Crippen LogP contribution in [0, 0.1) is 5.41 Å². The Hall–Kier alpha value is -1.01. The summed E-state index contributed by atoms with van der Waals surface area (Å²) in [6.45, 7) is 0. The van der Waals surface area contributed by atoms with Crippen molar-refractivity contribution in [2.24, 2.45) is 16.5 Å². The number of aliphatic imine (C=N–C) groups is 1. The Balaban J connectivity index is 2.51. The molecule has 6 heteroatoms. The minimum Gasteiger partial charge on any atom is -0.370 e. The Morgan fingerprint density at radius 1 is 1.47 bits per heavy atom. The van der Waals surface area contributed by atoms with Gasteiger partial charge in [0.25, 0.3) is 0 Å². The van der Waals surface area contributed by atoms with Crippen LogP contribution in [0.4, 0.5) is 0 Å². The third-order valence-corrected chi connectivity index (χ3v) is 2.83. The summed E-state index contributed by atoms with van der Waals surface area (Å²) in [7, 11) is 0. The van der Waals surface area contributed by atoms with Gasteiger partial charge in [-0.05, 0) is 17.7 Å². The quantitative estimate of drug-likeness (QED) is 0.573. The van der Waals surface area contributed by atoms with Gasteiger partial charge in [-0.2, -0.15) is 4.99 Å². The van der Waals surface area contributed by atoms with Crippen LogP contribution in [-0.2, 0) is 5.75 Å². The summed E-state index contributed by atoms with van der Waals surface area (Å²) in [5, 5.41) is 7.55. The standard InChI is InChI=1S/C9H11BrN4S/c10-7-3-1-2-6(4-7)5-15-9(13)14-8(11)12/h1-4H,5H2,(H5,11,12,13,14). The molecular weight excluding hydrogens is 276 g/mol. The van der Waals surface area contributed by atoms with E-state index < -0.39 is 0 Å². The van der Waals surface area contributed by atoms with Crippen molar-refractivity contribution in [3.63, 3.8) is 0 Å². The third kappa shape index (κ3) is 4.85. The van der Waals surface area contributed by atoms with Gasteiger partial charge in [0.15, 0.2) is 11.1 Å². The molecule has 0 saturated heterocycles. The smallest absolute Gasteiger partial charge is 0.193 e. The number of guanidine groups is 1. The molecule has 80 valence electrons. The number of hydrogen-bond acceptors (Lipinski definition) is 2. The second-order valence-electron chi connectivity index (χ2n) is 2.76. The first-order valence-electron chi connectivity index (χ1n) is 4.13. The Labute approximate surface area is 101 Å². The zero-order chi connectivity index (χ0) is 11.3. The van der Waals surface area contributed by atoms with Crippen molar-refractivity contribution in [3.05, 3.63) is 34.3 Å². The Bertz CT molecular complexity index is 387. The molecule has 0 unspecified atom stereocenters. The fourth-order valence-electron chi connectivity index (χ4n) is 0.928. The number of nitrogens with two attached hydrogens (primary N) is 2. The lowest BCUT2D eigenvalue weighted by atomic mass is 10.2. The molecule has 5 N–H and O–H groups in total. The van der Waals surface area contributed by atoms with E-state index in [1.54, 1.807) is 0 Å². The molecule has 1 aromatic rings. The summed E-state index contributed by atoms with van der Waals surface area (Å²) in [6.07, 6.45) is 0. The number of nitrogens with zero attached hydrogens (tertiary/aromatic N) is 1. The van der Waals surface area contributed by atoms with Crippen LogP contribution in [0.2, 0.25) is 0 Å². The van der Waals surface area contributed by atoms with E-state index in [9.17, 15) is 0 Å². The van der Waals surface area contributed by atoms with Gasteiger partial charge in [-0.1, -0.05) is 39.8 Å². The maximum Gasteiger partial charge on any atom is 0.193 e. The van der Waals surface area contributed by atoms with Crippen molar-refractivity contribution in [1.29, 1.82) is 5.41 Å². The molecule has 0 aliphatic carbocycles. The van der Waals surface area contributed by atoms with E-state index in [1.807, 2.05) is 24.3 Å². The molecule has 0 aliphatic rings. The molecule has 0 fully saturated rings. The highest BCUT2D eigenvalue weighted by molar-refractivity contribution is 9.10. The number of halogens is 1. The van der Waals surface area contributed by atoms with E-state index in [4.69, 9.17) is 16.9 Å². The lowest BCUT2D eigenvalue weighted by Gasteiger charge is -2.00. The van der Waals surface area contributed by atoms with Gasteiger partial charge in [0.2, 0.25) is 0 Å². The van der Waals surface area contributed by atoms with Crippen LogP contribution in [0.25, 0.3) is 0 Å². The molecule has 15 heavy (non-hydrogen) atoms. The monoisotopic (exact) mass is 286 g/mol. The van der Waals surface area contributed by atoms with E-state index in [2.05, 4.69) is 20.9 Å². The fourth-order valence-corrected chi connectivity index (χ4v) is 2.03. The SMILES string of the molecule is N=C(N=C(N)N)SCc1cccc(Br)c1. The molecule has 0 saturated carbocycles. The Morgan fingerprint density at radius 2 is 2.20 bits per heavy atom. The van der Waals surface area contributed by atoms with E-state index in [0.717, 1.165) is 10.0 Å². The highest BCUT2D eigenvalue weighted by Crippen LogP contribution is 2.17. The first kappa shape index (κ1) is 12.1. The number of nitrogens with one attached hydrogen (secondary N) is 1. The van der Waals surface area contributed by atoms with Gasteiger partial charge in [-0.3, -0.25) is 5.41 Å². The lowest BCUT2D eigenvalue weighted by Crippen LogP contribution is -2.23. The van der Waals surface area contributed by atoms with E-state index >= 15 is 0 Å². The highest BCUT2D eigenvalue weighted by Gasteiger charge is 1.98. The lowest BCUT2D eigenvalue weighted by molar-refractivity contribution is 1.39. The zero-order valence-corrected chi connectivity index (χ0v) is 10.3. The second-order valence-corrected chi connectivity index (χ2v) is 4.64. The fraction of sp³-hybridized carbons (Fsp3) is 0.111. The van der Waals surface area contributed by atoms with Crippen LogP contribution < -0.4 is 11.5 Å². The van der Waals surface area contributed by atoms with Crippen LogP contribution in [-0.4, -0.2) is 11.1 Å². The molecule has 0 radical (unpaired) electrons. The molecule has 0 heterocycles. The summed E-state index contributed by atoms with van der Waals surface area (Å²) in [5.74, 6) is 0.594. The van der Waals surface area contributed by atoms with Gasteiger partial charge < -0.3 is 11.5 Å². The van der Waals surface area contributed by atoms with Crippen molar-refractivity contribution in [2.75, 3.05) is 0 Å². The first-order valence-corrected chi connectivity index (χ1v) is 5.91. The van der Waals surface area contributed by atoms with Crippen molar-refractivity contribution < 1.29 is 0 Å². The van der Waals surface area contributed by atoms with Crippen molar-refractivity contribution in [3.8, 4) is 0 Å². The van der Waals surface area contributed by atoms with Gasteiger partial charge in [-0.25, -0.2) is 0 Å². The molecule has 0 bridgehead atoms. The summed E-state index contributed by atoms with van der Waals surface area (Å²) >= 11 is 4.66. The van der Waals surface area contributed by atoms with Crippen LogP contribution >= 0.6 is 27.7 Å². The largest absolute Gasteiger partial charge is 0.370 e. The molecular formula is C9H11BrN4S. The number of amidine groups is 1. The van der Waals surface area contributed by atoms with Crippen LogP contribution in [0.15, 0.2) is 33.7 Å². The van der Waals surface area contributed by atoms with Crippen molar-refractivity contribution in [2.45, 2.75) is 5.75 Å². The zero-order valence-electron chi connectivity index (χ0n) is 7.90. The van der Waals surface area contributed by atoms with Gasteiger partial charge in [0, 0.05) is 10.2 Å². The van der Waals surface area contributed by atoms with Crippen LogP contribution in [0.3, 0.4) is 0 Å². The van der Waals surface area contributed by atoms with Gasteiger partial charge >= 0.3 is 0 Å². The maximum atomic E-state index is 7.43. The van der Waals surface area contributed by atoms with Crippen molar-refractivity contribution >= 4 is 38.8 Å². The number of thioether (sulfide) groups is 1. The molecule has 1 aromatic carbocycles. The summed E-state index contributed by atoms with van der Waals surface area (Å²) < 4.78 is 1.02. The Kier molecular flexibility index (Phi) is 4.64. The van der Waals surface area contributed by atoms with Crippen LogP contribution in [0.1, 0.15) is 5.56 Å². The molecule has 0 amide bonds. The van der Waals surface area contributed by atoms with E-state index in [0.29, 0.717) is 5.75 Å². The number of hydrogen-bond donors (Lipinski definition) is 3. The predicted octanol–water partition coefficient (Wildman–Crippen LogP) is 1.89. The molecule has 0 aromatic heterocycles. The molecule has 0 aliphatic heterocycles. The third-order valence-electron chi connectivity index (χ3n) is 1.50. The van der Waals surface area contributed by atoms with Crippen LogP contribution in [0.5, 0.6) is 0 Å². The summed E-state index contributed by atoms with van der Waals surface area (Å²) in [4.78, 5) is 3.62. The van der Waals surface area contributed by atoms with Gasteiger partial charge in [0.1, 0.15) is 0 Å². The second kappa shape index (κ2) is 5.77. The Morgan fingerprint density at radius 3 is 2.80 bits per heavy atom. The summed E-state index contributed by atoms with van der Waals surface area (Å²) in [5.41, 5.74) is 11.4. The minimum atomic E-state index is -0.0817. The first-order chi connectivity index (χ1) is 7.08. The average molecular weight is 287 g/mol. The highest BCUT2D eigenvalue weighted by atomic mass is 79.9. The predicted molar refractivity (Wildman–Crippen MR) is 69.0 cm³/mol. The number of rotatable bonds is 2. The molecule has 0 spiro atoms. The van der Waals surface area contributed by atoms with Crippen molar-refractivity contribution in [1.82, 2.24) is 0 Å². The molecule has 1 rings (SSSR count).